The molecule has 414 valence electrons. The van der Waals surface area contributed by atoms with Crippen LogP contribution in [0.3, 0.4) is 0 Å². The maximum Gasteiger partial charge on any atom is 0.329 e. The number of nitrogens with one attached hydrogen (secondary N) is 2. The van der Waals surface area contributed by atoms with Crippen molar-refractivity contribution in [3.05, 3.63) is 81.9 Å². The molecule has 3 aromatic heterocycles. The van der Waals surface area contributed by atoms with Crippen LogP contribution in [0.2, 0.25) is 0 Å². The molecule has 0 bridgehead atoms. The van der Waals surface area contributed by atoms with Gasteiger partial charge in [-0.1, -0.05) is 19.1 Å². The number of imidazole rings is 1. The topological polar surface area (TPSA) is 183 Å². The van der Waals surface area contributed by atoms with Crippen molar-refractivity contribution >= 4 is 50.3 Å². The summed E-state index contributed by atoms with van der Waals surface area (Å²) in [7, 11) is 1.76. The summed E-state index contributed by atoms with van der Waals surface area (Å²) in [6.07, 6.45) is 15.0. The lowest BCUT2D eigenvalue weighted by Crippen LogP contribution is -2.49. The molecule has 5 aliphatic heterocycles. The smallest absolute Gasteiger partial charge is 0.329 e. The number of ether oxygens (including phenoxy) is 1. The van der Waals surface area contributed by atoms with Gasteiger partial charge in [0.2, 0.25) is 11.8 Å². The summed E-state index contributed by atoms with van der Waals surface area (Å²) in [5.74, 6) is 0.321. The van der Waals surface area contributed by atoms with Gasteiger partial charge in [0.05, 0.1) is 27.6 Å². The van der Waals surface area contributed by atoms with Crippen LogP contribution in [0.4, 0.5) is 14.6 Å². The molecule has 16 nitrogen and oxygen atoms in total. The highest BCUT2D eigenvalue weighted by Gasteiger charge is 2.50. The molecule has 6 fully saturated rings. The molecule has 12 rings (SSSR count). The lowest BCUT2D eigenvalue weighted by Gasteiger charge is -2.38. The number of aryl methyl sites for hydroxylation is 2. The fraction of sp³-hybridized carbons (Fsp3) is 0.567. The highest BCUT2D eigenvalue weighted by Crippen LogP contribution is 2.44. The lowest BCUT2D eigenvalue weighted by atomic mass is 9.81. The molecule has 4 atom stereocenters. The number of β-amino-alcohol motifs (C(OH)–C–C–N with tert-alkyl or cyclic N) is 1. The van der Waals surface area contributed by atoms with Crippen LogP contribution < -0.4 is 26.0 Å². The van der Waals surface area contributed by atoms with Crippen molar-refractivity contribution in [3.63, 3.8) is 0 Å². The van der Waals surface area contributed by atoms with Gasteiger partial charge in [0.15, 0.2) is 5.82 Å². The van der Waals surface area contributed by atoms with Crippen LogP contribution in [0.25, 0.3) is 44.0 Å². The van der Waals surface area contributed by atoms with Crippen LogP contribution in [0.5, 0.6) is 11.8 Å². The molecule has 1 aliphatic carbocycles. The molecule has 78 heavy (non-hydrogen) atoms. The summed E-state index contributed by atoms with van der Waals surface area (Å²) in [6, 6.07) is 11.9. The van der Waals surface area contributed by atoms with Crippen molar-refractivity contribution < 1.29 is 33.3 Å². The number of imide groups is 1. The number of nitrogens with zero attached hydrogens (tertiary/aromatic N) is 8. The van der Waals surface area contributed by atoms with E-state index in [4.69, 9.17) is 14.7 Å². The van der Waals surface area contributed by atoms with E-state index in [0.717, 1.165) is 95.2 Å². The van der Waals surface area contributed by atoms with Crippen molar-refractivity contribution in [2.75, 3.05) is 63.9 Å². The molecule has 2 amide bonds. The van der Waals surface area contributed by atoms with E-state index in [0.29, 0.717) is 90.3 Å². The summed E-state index contributed by atoms with van der Waals surface area (Å²) >= 11 is 0. The maximum absolute atomic E-state index is 17.3. The number of fused-ring (bicyclic) bond motifs is 4. The third-order valence-corrected chi connectivity index (χ3v) is 18.9. The first-order valence-electron chi connectivity index (χ1n) is 28.8. The predicted molar refractivity (Wildman–Crippen MR) is 296 cm³/mol. The van der Waals surface area contributed by atoms with E-state index in [1.165, 1.54) is 43.4 Å². The van der Waals surface area contributed by atoms with E-state index in [1.807, 2.05) is 17.9 Å². The van der Waals surface area contributed by atoms with E-state index in [1.54, 1.807) is 41.4 Å². The Morgan fingerprint density at radius 1 is 0.872 bits per heavy atom. The minimum atomic E-state index is -0.968. The largest absolute Gasteiger partial charge is 0.508 e. The Labute approximate surface area is 453 Å². The number of rotatable bonds is 14. The van der Waals surface area contributed by atoms with Crippen molar-refractivity contribution in [2.45, 2.75) is 139 Å². The SMILES string of the molecule is CCc1c(F)ccc2cc(O)cc(-c3ncc4c(N5CCC[C@@](C)(O)C5)nc(OC[C@@]56CCCN5[C@H](CNCC5CCC(CN7CCC(c8ccc9c(c8)n(C)c(=O)n9C8CCC(=O)NC8=O)CC7)CC5)CC6)nc4c3F)c12. The van der Waals surface area contributed by atoms with Gasteiger partial charge >= 0.3 is 11.7 Å². The van der Waals surface area contributed by atoms with E-state index in [-0.39, 0.29) is 52.1 Å². The van der Waals surface area contributed by atoms with Gasteiger partial charge in [0.1, 0.15) is 41.2 Å². The van der Waals surface area contributed by atoms with Gasteiger partial charge in [-0.2, -0.15) is 9.97 Å². The van der Waals surface area contributed by atoms with Crippen LogP contribution in [0.1, 0.15) is 127 Å². The fourth-order valence-corrected chi connectivity index (χ4v) is 14.7. The number of pyridine rings is 1. The average molecular weight is 1070 g/mol. The number of carbonyl (C=O) groups excluding carboxylic acids is 2. The Morgan fingerprint density at radius 3 is 2.45 bits per heavy atom. The molecular formula is C60H74F2N10O6. The summed E-state index contributed by atoms with van der Waals surface area (Å²) in [6.45, 7) is 11.1. The standard InChI is InChI=1S/C60H74F2N10O6/c1-4-43-46(61)13-11-40-27-42(73)29-44(51(40)43)53-52(62)54-45(32-64-53)55(70-23-5-20-59(2,77)34-70)67-57(66-54)78-35-60-21-6-24-71(60)41(17-22-60)31-63-30-36-7-9-37(10-8-36)33-69-25-18-38(19-26-69)39-12-14-47-49(28-39)68(3)58(76)72(47)48-15-16-50(74)65-56(48)75/h11-14,27-29,32,36-38,41,48,63,73,77H,4-10,15-26,30-31,33-35H2,1-3H3,(H,65,74,75)/t36?,37?,41-,48?,59+,60-/m0/s1. The molecule has 3 aromatic carbocycles. The lowest BCUT2D eigenvalue weighted by molar-refractivity contribution is -0.135. The Kier molecular flexibility index (Phi) is 14.3. The second-order valence-corrected chi connectivity index (χ2v) is 24.1. The van der Waals surface area contributed by atoms with E-state index >= 15 is 8.78 Å². The monoisotopic (exact) mass is 1070 g/mol. The van der Waals surface area contributed by atoms with E-state index in [2.05, 4.69) is 37.6 Å². The number of piperidine rings is 3. The van der Waals surface area contributed by atoms with Gasteiger partial charge in [-0.05, 0) is 193 Å². The minimum Gasteiger partial charge on any atom is -0.508 e. The number of carbonyl (C=O) groups is 2. The van der Waals surface area contributed by atoms with Gasteiger partial charge in [-0.3, -0.25) is 33.9 Å². The molecule has 6 aliphatic rings. The molecule has 5 saturated heterocycles. The van der Waals surface area contributed by atoms with Crippen molar-refractivity contribution in [3.8, 4) is 23.0 Å². The second-order valence-electron chi connectivity index (χ2n) is 24.1. The Bertz CT molecular complexity index is 3350. The normalized spacial score (nSPS) is 26.6. The van der Waals surface area contributed by atoms with Crippen molar-refractivity contribution in [1.82, 2.24) is 44.5 Å². The number of aliphatic hydroxyl groups is 1. The van der Waals surface area contributed by atoms with E-state index in [9.17, 15) is 24.6 Å². The summed E-state index contributed by atoms with van der Waals surface area (Å²) < 4.78 is 42.3. The van der Waals surface area contributed by atoms with Crippen LogP contribution >= 0.6 is 0 Å². The number of anilines is 1. The number of aromatic nitrogens is 5. The third-order valence-electron chi connectivity index (χ3n) is 18.9. The number of halogens is 2. The average Bonchev–Trinajstić information content (AvgIpc) is 4.12. The molecule has 1 saturated carbocycles. The summed E-state index contributed by atoms with van der Waals surface area (Å²) in [5.41, 5.74) is 2.06. The highest BCUT2D eigenvalue weighted by molar-refractivity contribution is 6.02. The Balaban J connectivity index is 0.654. The number of hydrogen-bond acceptors (Lipinski definition) is 13. The summed E-state index contributed by atoms with van der Waals surface area (Å²) in [5, 5.41) is 29.7. The first kappa shape index (κ1) is 52.6. The third kappa shape index (κ3) is 9.93. The molecule has 6 aromatic rings. The number of phenols is 1. The van der Waals surface area contributed by atoms with Crippen molar-refractivity contribution in [1.29, 1.82) is 0 Å². The maximum atomic E-state index is 17.3. The highest BCUT2D eigenvalue weighted by atomic mass is 19.1. The fourth-order valence-electron chi connectivity index (χ4n) is 14.7. The van der Waals surface area contributed by atoms with Gasteiger partial charge in [0.25, 0.3) is 0 Å². The molecular weight excluding hydrogens is 995 g/mol. The van der Waals surface area contributed by atoms with Gasteiger partial charge in [0, 0.05) is 57.4 Å². The first-order chi connectivity index (χ1) is 37.7. The van der Waals surface area contributed by atoms with Gasteiger partial charge in [-0.25, -0.2) is 13.6 Å². The van der Waals surface area contributed by atoms with Crippen LogP contribution in [0.15, 0.2) is 53.5 Å². The molecule has 1 unspecified atom stereocenters. The van der Waals surface area contributed by atoms with Gasteiger partial charge < -0.3 is 30.1 Å². The number of likely N-dealkylation sites (tertiary alicyclic amines) is 1. The quantitative estimate of drug-likeness (QED) is 0.0771. The molecule has 18 heteroatoms. The Hall–Kier alpha value is -6.08. The van der Waals surface area contributed by atoms with E-state index < -0.39 is 29.2 Å². The zero-order valence-electron chi connectivity index (χ0n) is 45.3. The van der Waals surface area contributed by atoms with Crippen LogP contribution in [0, 0.1) is 23.5 Å². The van der Waals surface area contributed by atoms with Crippen LogP contribution in [-0.2, 0) is 23.1 Å². The number of hydrogen-bond donors (Lipinski definition) is 4. The van der Waals surface area contributed by atoms with Crippen molar-refractivity contribution in [2.24, 2.45) is 18.9 Å². The number of amides is 2. The first-order valence-corrected chi connectivity index (χ1v) is 28.8. The molecule has 0 radical (unpaired) electrons. The molecule has 0 spiro atoms. The number of aromatic hydroxyl groups is 1. The molecule has 8 heterocycles. The number of phenolic OH excluding ortho intramolecular Hbond substituents is 1. The van der Waals surface area contributed by atoms with Gasteiger partial charge in [-0.15, -0.1) is 0 Å². The van der Waals surface area contributed by atoms with Crippen LogP contribution in [-0.4, -0.2) is 132 Å². The zero-order valence-corrected chi connectivity index (χ0v) is 45.3. The predicted octanol–water partition coefficient (Wildman–Crippen LogP) is 8.02. The minimum absolute atomic E-state index is 0.0186. The summed E-state index contributed by atoms with van der Waals surface area (Å²) in [4.78, 5) is 59.4. The molecule has 4 N–H and O–H groups in total. The number of benzene rings is 3. The Morgan fingerprint density at radius 2 is 1.67 bits per heavy atom. The second kappa shape index (κ2) is 21.2. The zero-order chi connectivity index (χ0) is 54.0.